The number of anilines is 1. The summed E-state index contributed by atoms with van der Waals surface area (Å²) in [5.41, 5.74) is 3.35. The Morgan fingerprint density at radius 1 is 1.24 bits per heavy atom. The molecule has 21 heavy (non-hydrogen) atoms. The molecule has 0 spiro atoms. The fourth-order valence-corrected chi connectivity index (χ4v) is 2.80. The Labute approximate surface area is 140 Å². The second kappa shape index (κ2) is 6.72. The standard InChI is InChI=1S/C14H16Br2N4O/c1-7(2)12-18-13(20-17)8(3)14(19-12)21-11-5-4-9(15)6-10(11)16/h4-7H,17H2,1-3H3,(H,18,19,20). The van der Waals surface area contributed by atoms with Gasteiger partial charge in [-0.25, -0.2) is 10.8 Å². The number of nitrogen functional groups attached to an aromatic ring is 1. The van der Waals surface area contributed by atoms with Gasteiger partial charge in [-0.3, -0.25) is 0 Å². The Morgan fingerprint density at radius 3 is 2.52 bits per heavy atom. The summed E-state index contributed by atoms with van der Waals surface area (Å²) < 4.78 is 7.72. The highest BCUT2D eigenvalue weighted by atomic mass is 79.9. The average Bonchev–Trinajstić information content (AvgIpc) is 2.43. The van der Waals surface area contributed by atoms with E-state index in [1.54, 1.807) is 0 Å². The van der Waals surface area contributed by atoms with Gasteiger partial charge in [-0.2, -0.15) is 4.98 Å². The van der Waals surface area contributed by atoms with Crippen molar-refractivity contribution in [3.8, 4) is 11.6 Å². The number of hydrogen-bond donors (Lipinski definition) is 2. The van der Waals surface area contributed by atoms with Gasteiger partial charge in [0.1, 0.15) is 11.6 Å². The second-order valence-electron chi connectivity index (χ2n) is 4.84. The lowest BCUT2D eigenvalue weighted by molar-refractivity contribution is 0.450. The summed E-state index contributed by atoms with van der Waals surface area (Å²) in [5.74, 6) is 8.11. The molecule has 0 saturated carbocycles. The summed E-state index contributed by atoms with van der Waals surface area (Å²) in [7, 11) is 0. The van der Waals surface area contributed by atoms with Gasteiger partial charge in [0.25, 0.3) is 0 Å². The molecule has 0 radical (unpaired) electrons. The van der Waals surface area contributed by atoms with Crippen LogP contribution in [0.4, 0.5) is 5.82 Å². The summed E-state index contributed by atoms with van der Waals surface area (Å²) in [5, 5.41) is 0. The molecule has 5 nitrogen and oxygen atoms in total. The lowest BCUT2D eigenvalue weighted by Crippen LogP contribution is -2.13. The Bertz CT molecular complexity index is 662. The van der Waals surface area contributed by atoms with Crippen molar-refractivity contribution in [3.05, 3.63) is 38.5 Å². The maximum Gasteiger partial charge on any atom is 0.227 e. The number of nitrogens with two attached hydrogens (primary N) is 1. The molecule has 0 aliphatic heterocycles. The van der Waals surface area contributed by atoms with Crippen molar-refractivity contribution >= 4 is 37.7 Å². The van der Waals surface area contributed by atoms with E-state index in [2.05, 4.69) is 47.3 Å². The molecule has 2 rings (SSSR count). The Balaban J connectivity index is 2.45. The molecular weight excluding hydrogens is 400 g/mol. The van der Waals surface area contributed by atoms with E-state index in [9.17, 15) is 0 Å². The minimum atomic E-state index is 0.174. The molecule has 0 atom stereocenters. The summed E-state index contributed by atoms with van der Waals surface area (Å²) in [4.78, 5) is 8.86. The van der Waals surface area contributed by atoms with Crippen LogP contribution in [-0.2, 0) is 0 Å². The van der Waals surface area contributed by atoms with Crippen molar-refractivity contribution in [1.29, 1.82) is 0 Å². The highest BCUT2D eigenvalue weighted by molar-refractivity contribution is 9.11. The fourth-order valence-electron chi connectivity index (χ4n) is 1.67. The van der Waals surface area contributed by atoms with Crippen LogP contribution in [0.5, 0.6) is 11.6 Å². The highest BCUT2D eigenvalue weighted by Gasteiger charge is 2.15. The highest BCUT2D eigenvalue weighted by Crippen LogP contribution is 2.34. The quantitative estimate of drug-likeness (QED) is 0.567. The van der Waals surface area contributed by atoms with Crippen molar-refractivity contribution in [3.63, 3.8) is 0 Å². The fraction of sp³-hybridized carbons (Fsp3) is 0.286. The second-order valence-corrected chi connectivity index (χ2v) is 6.61. The van der Waals surface area contributed by atoms with Crippen LogP contribution in [0.3, 0.4) is 0 Å². The van der Waals surface area contributed by atoms with Gasteiger partial charge in [0, 0.05) is 10.4 Å². The molecule has 0 aliphatic carbocycles. The lowest BCUT2D eigenvalue weighted by atomic mass is 10.2. The first kappa shape index (κ1) is 16.2. The van der Waals surface area contributed by atoms with Gasteiger partial charge in [0.15, 0.2) is 5.82 Å². The van der Waals surface area contributed by atoms with E-state index >= 15 is 0 Å². The Morgan fingerprint density at radius 2 is 1.95 bits per heavy atom. The first-order chi connectivity index (χ1) is 9.92. The molecule has 0 amide bonds. The number of ether oxygens (including phenoxy) is 1. The van der Waals surface area contributed by atoms with Gasteiger partial charge in [0.05, 0.1) is 10.0 Å². The summed E-state index contributed by atoms with van der Waals surface area (Å²) >= 11 is 6.89. The maximum absolute atomic E-state index is 5.91. The van der Waals surface area contributed by atoms with E-state index in [1.165, 1.54) is 0 Å². The Hall–Kier alpha value is -1.18. The van der Waals surface area contributed by atoms with E-state index in [-0.39, 0.29) is 5.92 Å². The zero-order chi connectivity index (χ0) is 15.6. The van der Waals surface area contributed by atoms with E-state index in [0.717, 1.165) is 14.5 Å². The van der Waals surface area contributed by atoms with Gasteiger partial charge >= 0.3 is 0 Å². The smallest absolute Gasteiger partial charge is 0.227 e. The van der Waals surface area contributed by atoms with Crippen LogP contribution in [0.15, 0.2) is 27.1 Å². The van der Waals surface area contributed by atoms with E-state index < -0.39 is 0 Å². The maximum atomic E-state index is 5.91. The number of nitrogens with one attached hydrogen (secondary N) is 1. The largest absolute Gasteiger partial charge is 0.437 e. The average molecular weight is 416 g/mol. The zero-order valence-corrected chi connectivity index (χ0v) is 15.1. The number of hydrazine groups is 1. The molecule has 0 fully saturated rings. The molecule has 0 aliphatic rings. The number of halogens is 2. The summed E-state index contributed by atoms with van der Waals surface area (Å²) in [6, 6.07) is 5.68. The SMILES string of the molecule is Cc1c(NN)nc(C(C)C)nc1Oc1ccc(Br)cc1Br. The number of rotatable bonds is 4. The third kappa shape index (κ3) is 3.72. The molecule has 112 valence electrons. The summed E-state index contributed by atoms with van der Waals surface area (Å²) in [6.07, 6.45) is 0. The first-order valence-corrected chi connectivity index (χ1v) is 7.99. The van der Waals surface area contributed by atoms with E-state index in [0.29, 0.717) is 23.3 Å². The predicted molar refractivity (Wildman–Crippen MR) is 90.6 cm³/mol. The number of hydrogen-bond acceptors (Lipinski definition) is 5. The van der Waals surface area contributed by atoms with Crippen LogP contribution in [0, 0.1) is 6.92 Å². The number of aromatic nitrogens is 2. The molecule has 0 bridgehead atoms. The number of nitrogens with zero attached hydrogens (tertiary/aromatic N) is 2. The van der Waals surface area contributed by atoms with Crippen molar-refractivity contribution in [2.75, 3.05) is 5.43 Å². The van der Waals surface area contributed by atoms with Crippen LogP contribution in [0.25, 0.3) is 0 Å². The molecule has 0 unspecified atom stereocenters. The first-order valence-electron chi connectivity index (χ1n) is 6.40. The van der Waals surface area contributed by atoms with Crippen LogP contribution in [-0.4, -0.2) is 9.97 Å². The number of benzene rings is 1. The Kier molecular flexibility index (Phi) is 5.18. The van der Waals surface area contributed by atoms with Gasteiger partial charge in [-0.15, -0.1) is 0 Å². The zero-order valence-electron chi connectivity index (χ0n) is 11.9. The van der Waals surface area contributed by atoms with Gasteiger partial charge < -0.3 is 10.2 Å². The molecule has 1 aromatic heterocycles. The van der Waals surface area contributed by atoms with Crippen molar-refractivity contribution < 1.29 is 4.74 Å². The third-order valence-corrected chi connectivity index (χ3v) is 3.99. The van der Waals surface area contributed by atoms with E-state index in [1.807, 2.05) is 39.0 Å². The van der Waals surface area contributed by atoms with Gasteiger partial charge in [-0.1, -0.05) is 29.8 Å². The molecule has 1 aromatic carbocycles. The van der Waals surface area contributed by atoms with Crippen molar-refractivity contribution in [2.45, 2.75) is 26.7 Å². The van der Waals surface area contributed by atoms with Gasteiger partial charge in [-0.05, 0) is 41.1 Å². The summed E-state index contributed by atoms with van der Waals surface area (Å²) in [6.45, 7) is 5.90. The monoisotopic (exact) mass is 414 g/mol. The minimum Gasteiger partial charge on any atom is -0.437 e. The molecule has 0 saturated heterocycles. The van der Waals surface area contributed by atoms with Crippen molar-refractivity contribution in [2.24, 2.45) is 5.84 Å². The molecule has 3 N–H and O–H groups in total. The van der Waals surface area contributed by atoms with Crippen LogP contribution in [0.1, 0.15) is 31.2 Å². The third-order valence-electron chi connectivity index (χ3n) is 2.87. The predicted octanol–water partition coefficient (Wildman–Crippen LogP) is 4.51. The normalized spacial score (nSPS) is 10.8. The minimum absolute atomic E-state index is 0.174. The van der Waals surface area contributed by atoms with Gasteiger partial charge in [0.2, 0.25) is 5.88 Å². The van der Waals surface area contributed by atoms with Crippen LogP contribution in [0.2, 0.25) is 0 Å². The molecular formula is C14H16Br2N4O. The lowest BCUT2D eigenvalue weighted by Gasteiger charge is -2.14. The molecule has 7 heteroatoms. The van der Waals surface area contributed by atoms with Crippen LogP contribution >= 0.6 is 31.9 Å². The molecule has 2 aromatic rings. The topological polar surface area (TPSA) is 73.1 Å². The van der Waals surface area contributed by atoms with Crippen LogP contribution < -0.4 is 16.0 Å². The van der Waals surface area contributed by atoms with Crippen molar-refractivity contribution in [1.82, 2.24) is 9.97 Å². The van der Waals surface area contributed by atoms with E-state index in [4.69, 9.17) is 10.6 Å². The molecule has 1 heterocycles.